The van der Waals surface area contributed by atoms with Gasteiger partial charge in [0.2, 0.25) is 11.8 Å². The number of carbonyl (C=O) groups is 3. The fourth-order valence-electron chi connectivity index (χ4n) is 3.18. The van der Waals surface area contributed by atoms with Crippen LogP contribution in [-0.2, 0) is 14.4 Å². The van der Waals surface area contributed by atoms with Crippen LogP contribution in [0, 0.1) is 5.41 Å². The van der Waals surface area contributed by atoms with Crippen molar-refractivity contribution in [3.05, 3.63) is 0 Å². The second-order valence-corrected chi connectivity index (χ2v) is 6.93. The predicted molar refractivity (Wildman–Crippen MR) is 76.6 cm³/mol. The van der Waals surface area contributed by atoms with E-state index in [1.54, 1.807) is 4.90 Å². The predicted octanol–water partition coefficient (Wildman–Crippen LogP) is 1.10. The Morgan fingerprint density at radius 3 is 2.00 bits per heavy atom. The summed E-state index contributed by atoms with van der Waals surface area (Å²) in [5, 5.41) is 9.21. The first kappa shape index (κ1) is 15.8. The van der Waals surface area contributed by atoms with Crippen molar-refractivity contribution >= 4 is 17.8 Å². The molecule has 0 aromatic rings. The van der Waals surface area contributed by atoms with Crippen molar-refractivity contribution in [1.29, 1.82) is 0 Å². The van der Waals surface area contributed by atoms with Gasteiger partial charge in [0, 0.05) is 18.5 Å². The number of rotatable bonds is 2. The molecular weight excluding hydrogens is 272 g/mol. The molecule has 2 amide bonds. The lowest BCUT2D eigenvalue weighted by Gasteiger charge is -2.33. The van der Waals surface area contributed by atoms with Gasteiger partial charge in [0.15, 0.2) is 0 Å². The molecule has 2 fully saturated rings. The Bertz CT molecular complexity index is 455. The molecule has 0 aromatic heterocycles. The number of hydrogen-bond donors (Lipinski definition) is 1. The molecule has 2 aliphatic heterocycles. The third-order valence-corrected chi connectivity index (χ3v) is 4.26. The van der Waals surface area contributed by atoms with Gasteiger partial charge in [-0.05, 0) is 25.7 Å². The summed E-state index contributed by atoms with van der Waals surface area (Å²) in [6, 6.07) is -1.22. The van der Waals surface area contributed by atoms with Crippen LogP contribution in [-0.4, -0.2) is 57.9 Å². The molecule has 0 spiro atoms. The molecule has 2 aliphatic rings. The Morgan fingerprint density at radius 2 is 1.48 bits per heavy atom. The summed E-state index contributed by atoms with van der Waals surface area (Å²) in [6.07, 6.45) is 2.64. The molecule has 2 atom stereocenters. The molecule has 1 N–H and O–H groups in total. The van der Waals surface area contributed by atoms with E-state index in [9.17, 15) is 19.5 Å². The van der Waals surface area contributed by atoms with Gasteiger partial charge in [-0.25, -0.2) is 4.79 Å². The van der Waals surface area contributed by atoms with Crippen LogP contribution in [0.2, 0.25) is 0 Å². The zero-order valence-electron chi connectivity index (χ0n) is 13.0. The summed E-state index contributed by atoms with van der Waals surface area (Å²) in [5.74, 6) is -1.19. The molecular formula is C15H24N2O4. The van der Waals surface area contributed by atoms with Gasteiger partial charge in [-0.2, -0.15) is 0 Å². The molecule has 21 heavy (non-hydrogen) atoms. The van der Waals surface area contributed by atoms with Gasteiger partial charge in [-0.15, -0.1) is 0 Å². The summed E-state index contributed by atoms with van der Waals surface area (Å²) in [7, 11) is 0. The van der Waals surface area contributed by atoms with Crippen LogP contribution in [0.15, 0.2) is 0 Å². The maximum absolute atomic E-state index is 12.7. The van der Waals surface area contributed by atoms with E-state index < -0.39 is 23.5 Å². The highest BCUT2D eigenvalue weighted by molar-refractivity contribution is 5.92. The van der Waals surface area contributed by atoms with Gasteiger partial charge >= 0.3 is 5.97 Å². The summed E-state index contributed by atoms with van der Waals surface area (Å²) < 4.78 is 0. The third-order valence-electron chi connectivity index (χ3n) is 4.26. The molecule has 0 saturated carbocycles. The zero-order chi connectivity index (χ0) is 15.8. The van der Waals surface area contributed by atoms with E-state index in [1.165, 1.54) is 4.90 Å². The molecule has 0 bridgehead atoms. The van der Waals surface area contributed by atoms with E-state index in [0.717, 1.165) is 6.42 Å². The maximum atomic E-state index is 12.7. The van der Waals surface area contributed by atoms with Gasteiger partial charge < -0.3 is 14.9 Å². The first-order chi connectivity index (χ1) is 9.73. The monoisotopic (exact) mass is 296 g/mol. The molecule has 0 aromatic carbocycles. The first-order valence-electron chi connectivity index (χ1n) is 7.58. The minimum Gasteiger partial charge on any atom is -0.480 e. The largest absolute Gasteiger partial charge is 0.480 e. The number of carbonyl (C=O) groups excluding carboxylic acids is 2. The molecule has 2 rings (SSSR count). The number of aliphatic carboxylic acids is 1. The van der Waals surface area contributed by atoms with Gasteiger partial charge in [-0.1, -0.05) is 20.8 Å². The lowest BCUT2D eigenvalue weighted by atomic mass is 9.94. The fraction of sp³-hybridized carbons (Fsp3) is 0.800. The van der Waals surface area contributed by atoms with Crippen molar-refractivity contribution in [3.63, 3.8) is 0 Å². The van der Waals surface area contributed by atoms with Crippen molar-refractivity contribution < 1.29 is 19.5 Å². The minimum atomic E-state index is -0.951. The van der Waals surface area contributed by atoms with E-state index in [-0.39, 0.29) is 11.8 Å². The van der Waals surface area contributed by atoms with E-state index >= 15 is 0 Å². The van der Waals surface area contributed by atoms with Crippen LogP contribution < -0.4 is 0 Å². The Morgan fingerprint density at radius 1 is 0.952 bits per heavy atom. The molecule has 2 saturated heterocycles. The second kappa shape index (κ2) is 5.66. The van der Waals surface area contributed by atoms with E-state index in [2.05, 4.69) is 0 Å². The molecule has 0 aliphatic carbocycles. The third kappa shape index (κ3) is 3.04. The van der Waals surface area contributed by atoms with Crippen LogP contribution in [0.3, 0.4) is 0 Å². The van der Waals surface area contributed by atoms with Gasteiger partial charge in [-0.3, -0.25) is 9.59 Å². The van der Waals surface area contributed by atoms with Gasteiger partial charge in [0.05, 0.1) is 0 Å². The van der Waals surface area contributed by atoms with Gasteiger partial charge in [0.25, 0.3) is 0 Å². The number of amides is 2. The zero-order valence-corrected chi connectivity index (χ0v) is 13.0. The first-order valence-corrected chi connectivity index (χ1v) is 7.58. The smallest absolute Gasteiger partial charge is 0.326 e. The number of nitrogens with zero attached hydrogens (tertiary/aromatic N) is 2. The highest BCUT2D eigenvalue weighted by Crippen LogP contribution is 2.28. The number of carboxylic acids is 1. The van der Waals surface area contributed by atoms with Crippen molar-refractivity contribution in [3.8, 4) is 0 Å². The number of likely N-dealkylation sites (tertiary alicyclic amines) is 2. The second-order valence-electron chi connectivity index (χ2n) is 6.93. The molecule has 6 nitrogen and oxygen atoms in total. The van der Waals surface area contributed by atoms with Crippen LogP contribution in [0.1, 0.15) is 46.5 Å². The summed E-state index contributed by atoms with van der Waals surface area (Å²) in [5.41, 5.74) is -0.528. The molecule has 0 radical (unpaired) electrons. The lowest BCUT2D eigenvalue weighted by molar-refractivity contribution is -0.153. The minimum absolute atomic E-state index is 0.0376. The SMILES string of the molecule is CC(C)(C)C(=O)N1CCCC1C(=O)N1CCC[C@H]1C(=O)O. The summed E-state index contributed by atoms with van der Waals surface area (Å²) in [6.45, 7) is 6.57. The Balaban J connectivity index is 2.14. The van der Waals surface area contributed by atoms with Crippen LogP contribution in [0.4, 0.5) is 0 Å². The fourth-order valence-corrected chi connectivity index (χ4v) is 3.18. The average molecular weight is 296 g/mol. The molecule has 2 heterocycles. The molecule has 6 heteroatoms. The van der Waals surface area contributed by atoms with E-state index in [1.807, 2.05) is 20.8 Å². The van der Waals surface area contributed by atoms with Gasteiger partial charge in [0.1, 0.15) is 12.1 Å². The topological polar surface area (TPSA) is 77.9 Å². The Hall–Kier alpha value is -1.59. The highest BCUT2D eigenvalue weighted by atomic mass is 16.4. The van der Waals surface area contributed by atoms with Crippen LogP contribution >= 0.6 is 0 Å². The molecule has 1 unspecified atom stereocenters. The number of hydrogen-bond acceptors (Lipinski definition) is 3. The lowest BCUT2D eigenvalue weighted by Crippen LogP contribution is -2.52. The quantitative estimate of drug-likeness (QED) is 0.827. The standard InChI is InChI=1S/C15H24N2O4/c1-15(2,3)14(21)17-9-4-6-10(17)12(18)16-8-5-7-11(16)13(19)20/h10-11H,4-9H2,1-3H3,(H,19,20)/t10?,11-/m0/s1. The van der Waals surface area contributed by atoms with E-state index in [0.29, 0.717) is 32.4 Å². The highest BCUT2D eigenvalue weighted by Gasteiger charge is 2.43. The number of carboxylic acid groups (broad SMARTS) is 1. The Labute approximate surface area is 125 Å². The van der Waals surface area contributed by atoms with Crippen molar-refractivity contribution in [2.24, 2.45) is 5.41 Å². The summed E-state index contributed by atoms with van der Waals surface area (Å²) in [4.78, 5) is 39.4. The van der Waals surface area contributed by atoms with Crippen LogP contribution in [0.25, 0.3) is 0 Å². The van der Waals surface area contributed by atoms with Crippen molar-refractivity contribution in [2.75, 3.05) is 13.1 Å². The molecule has 118 valence electrons. The summed E-state index contributed by atoms with van der Waals surface area (Å²) >= 11 is 0. The average Bonchev–Trinajstić information content (AvgIpc) is 3.04. The van der Waals surface area contributed by atoms with Crippen molar-refractivity contribution in [2.45, 2.75) is 58.5 Å². The van der Waals surface area contributed by atoms with E-state index in [4.69, 9.17) is 0 Å². The normalized spacial score (nSPS) is 26.2. The van der Waals surface area contributed by atoms with Crippen molar-refractivity contribution in [1.82, 2.24) is 9.80 Å². The Kier molecular flexibility index (Phi) is 4.25. The van der Waals surface area contributed by atoms with Crippen LogP contribution in [0.5, 0.6) is 0 Å². The maximum Gasteiger partial charge on any atom is 0.326 e.